The van der Waals surface area contributed by atoms with Gasteiger partial charge in [0.05, 0.1) is 29.7 Å². The second-order valence-corrected chi connectivity index (χ2v) is 4.63. The maximum absolute atomic E-state index is 13.5. The number of rotatable bonds is 7. The van der Waals surface area contributed by atoms with Gasteiger partial charge in [0.2, 0.25) is 0 Å². The van der Waals surface area contributed by atoms with Crippen LogP contribution in [0, 0.1) is 5.82 Å². The number of hydrogen-bond donors (Lipinski definition) is 2. The zero-order valence-electron chi connectivity index (χ0n) is 10.7. The van der Waals surface area contributed by atoms with Crippen LogP contribution < -0.4 is 5.32 Å². The Kier molecular flexibility index (Phi) is 5.40. The summed E-state index contributed by atoms with van der Waals surface area (Å²) >= 11 is 5.86. The van der Waals surface area contributed by atoms with E-state index in [1.807, 2.05) is 0 Å². The lowest BCUT2D eigenvalue weighted by molar-refractivity contribution is 0.0282. The summed E-state index contributed by atoms with van der Waals surface area (Å²) in [5, 5.41) is 12.8. The lowest BCUT2D eigenvalue weighted by atomic mass is 10.3. The van der Waals surface area contributed by atoms with Gasteiger partial charge in [0.25, 0.3) is 0 Å². The van der Waals surface area contributed by atoms with Crippen LogP contribution in [0.5, 0.6) is 0 Å². The fourth-order valence-electron chi connectivity index (χ4n) is 1.64. The highest BCUT2D eigenvalue weighted by molar-refractivity contribution is 6.33. The molecule has 0 fully saturated rings. The molecule has 2 aromatic rings. The first-order valence-corrected chi connectivity index (χ1v) is 6.50. The number of hydrogen-bond acceptors (Lipinski definition) is 4. The van der Waals surface area contributed by atoms with E-state index in [0.717, 1.165) is 0 Å². The molecule has 1 aromatic heterocycles. The van der Waals surface area contributed by atoms with Crippen LogP contribution in [0.4, 0.5) is 10.1 Å². The third-order valence-electron chi connectivity index (χ3n) is 2.61. The second kappa shape index (κ2) is 7.28. The molecule has 0 saturated carbocycles. The number of para-hydroxylation sites is 1. The summed E-state index contributed by atoms with van der Waals surface area (Å²) in [6.07, 6.45) is 0.775. The quantitative estimate of drug-likeness (QED) is 0.825. The third kappa shape index (κ3) is 4.23. The normalized spacial score (nSPS) is 12.3. The molecule has 0 radical (unpaired) electrons. The van der Waals surface area contributed by atoms with E-state index < -0.39 is 11.9 Å². The Bertz CT molecular complexity index is 513. The van der Waals surface area contributed by atoms with E-state index in [1.165, 1.54) is 12.1 Å². The summed E-state index contributed by atoms with van der Waals surface area (Å²) in [4.78, 5) is 0. The Balaban J connectivity index is 1.73. The topological polar surface area (TPSA) is 54.6 Å². The molecule has 1 aromatic carbocycles. The Morgan fingerprint density at radius 3 is 2.90 bits per heavy atom. The van der Waals surface area contributed by atoms with Crippen molar-refractivity contribution >= 4 is 17.3 Å². The van der Waals surface area contributed by atoms with E-state index in [1.54, 1.807) is 24.5 Å². The largest absolute Gasteiger partial charge is 0.467 e. The van der Waals surface area contributed by atoms with Gasteiger partial charge in [-0.3, -0.25) is 0 Å². The molecule has 0 aliphatic rings. The SMILES string of the molecule is OC(CNc1c(F)cccc1Cl)COCc1ccco1. The van der Waals surface area contributed by atoms with Crippen LogP contribution in [0.2, 0.25) is 5.02 Å². The molecule has 20 heavy (non-hydrogen) atoms. The maximum Gasteiger partial charge on any atom is 0.147 e. The van der Waals surface area contributed by atoms with E-state index >= 15 is 0 Å². The number of anilines is 1. The monoisotopic (exact) mass is 299 g/mol. The summed E-state index contributed by atoms with van der Waals surface area (Å²) in [5.41, 5.74) is 0.180. The van der Waals surface area contributed by atoms with Crippen molar-refractivity contribution in [3.05, 3.63) is 53.2 Å². The van der Waals surface area contributed by atoms with Crippen molar-refractivity contribution in [2.24, 2.45) is 0 Å². The fourth-order valence-corrected chi connectivity index (χ4v) is 1.87. The van der Waals surface area contributed by atoms with Gasteiger partial charge >= 0.3 is 0 Å². The molecule has 1 atom stereocenters. The minimum Gasteiger partial charge on any atom is -0.467 e. The second-order valence-electron chi connectivity index (χ2n) is 4.23. The van der Waals surface area contributed by atoms with Crippen molar-refractivity contribution in [2.45, 2.75) is 12.7 Å². The lowest BCUT2D eigenvalue weighted by Gasteiger charge is -2.14. The van der Waals surface area contributed by atoms with Crippen LogP contribution in [-0.2, 0) is 11.3 Å². The third-order valence-corrected chi connectivity index (χ3v) is 2.93. The summed E-state index contributed by atoms with van der Waals surface area (Å²) in [7, 11) is 0. The van der Waals surface area contributed by atoms with Crippen LogP contribution in [-0.4, -0.2) is 24.4 Å². The first kappa shape index (κ1) is 14.8. The van der Waals surface area contributed by atoms with Gasteiger partial charge in [-0.05, 0) is 24.3 Å². The number of halogens is 2. The molecule has 2 rings (SSSR count). The minimum absolute atomic E-state index is 0.111. The molecule has 4 nitrogen and oxygen atoms in total. The standard InChI is InChI=1S/C14H15ClFNO3/c15-12-4-1-5-13(16)14(12)17-7-10(18)8-19-9-11-3-2-6-20-11/h1-6,10,17-18H,7-9H2. The number of benzene rings is 1. The van der Waals surface area contributed by atoms with Crippen molar-refractivity contribution in [3.63, 3.8) is 0 Å². The van der Waals surface area contributed by atoms with Gasteiger partial charge in [0.1, 0.15) is 18.2 Å². The van der Waals surface area contributed by atoms with Crippen LogP contribution in [0.15, 0.2) is 41.0 Å². The molecule has 1 heterocycles. The Morgan fingerprint density at radius 2 is 2.20 bits per heavy atom. The van der Waals surface area contributed by atoms with E-state index in [0.29, 0.717) is 5.76 Å². The molecular formula is C14H15ClFNO3. The predicted molar refractivity (Wildman–Crippen MR) is 74.3 cm³/mol. The number of nitrogens with one attached hydrogen (secondary N) is 1. The van der Waals surface area contributed by atoms with Gasteiger partial charge in [-0.25, -0.2) is 4.39 Å². The van der Waals surface area contributed by atoms with Crippen LogP contribution in [0.25, 0.3) is 0 Å². The van der Waals surface area contributed by atoms with Crippen molar-refractivity contribution in [1.29, 1.82) is 0 Å². The van der Waals surface area contributed by atoms with Crippen molar-refractivity contribution < 1.29 is 18.7 Å². The maximum atomic E-state index is 13.5. The van der Waals surface area contributed by atoms with Gasteiger partial charge in [0, 0.05) is 6.54 Å². The highest BCUT2D eigenvalue weighted by Gasteiger charge is 2.10. The van der Waals surface area contributed by atoms with Gasteiger partial charge in [-0.1, -0.05) is 17.7 Å². The fraction of sp³-hybridized carbons (Fsp3) is 0.286. The van der Waals surface area contributed by atoms with E-state index in [4.69, 9.17) is 20.8 Å². The predicted octanol–water partition coefficient (Wildman–Crippen LogP) is 3.06. The van der Waals surface area contributed by atoms with E-state index in [-0.39, 0.29) is 30.5 Å². The first-order valence-electron chi connectivity index (χ1n) is 6.13. The van der Waals surface area contributed by atoms with Crippen LogP contribution in [0.1, 0.15) is 5.76 Å². The summed E-state index contributed by atoms with van der Waals surface area (Å²) in [6.45, 7) is 0.531. The molecule has 0 bridgehead atoms. The number of aliphatic hydroxyl groups excluding tert-OH is 1. The van der Waals surface area contributed by atoms with E-state index in [2.05, 4.69) is 5.32 Å². The summed E-state index contributed by atoms with van der Waals surface area (Å²) < 4.78 is 23.8. The number of furan rings is 1. The average molecular weight is 300 g/mol. The molecule has 1 unspecified atom stereocenters. The molecule has 108 valence electrons. The lowest BCUT2D eigenvalue weighted by Crippen LogP contribution is -2.25. The molecule has 0 amide bonds. The smallest absolute Gasteiger partial charge is 0.147 e. The average Bonchev–Trinajstić information content (AvgIpc) is 2.91. The first-order chi connectivity index (χ1) is 9.66. The zero-order chi connectivity index (χ0) is 14.4. The highest BCUT2D eigenvalue weighted by Crippen LogP contribution is 2.24. The molecule has 0 spiro atoms. The van der Waals surface area contributed by atoms with Gasteiger partial charge in [-0.15, -0.1) is 0 Å². The van der Waals surface area contributed by atoms with Gasteiger partial charge in [0.15, 0.2) is 0 Å². The molecule has 0 aliphatic carbocycles. The Hall–Kier alpha value is -1.56. The Labute approximate surface area is 121 Å². The van der Waals surface area contributed by atoms with Crippen molar-refractivity contribution in [3.8, 4) is 0 Å². The summed E-state index contributed by atoms with van der Waals surface area (Å²) in [6, 6.07) is 7.94. The molecule has 0 aliphatic heterocycles. The van der Waals surface area contributed by atoms with Crippen LogP contribution >= 0.6 is 11.6 Å². The van der Waals surface area contributed by atoms with Crippen LogP contribution in [0.3, 0.4) is 0 Å². The van der Waals surface area contributed by atoms with E-state index in [9.17, 15) is 9.50 Å². The molecular weight excluding hydrogens is 285 g/mol. The molecule has 2 N–H and O–H groups in total. The van der Waals surface area contributed by atoms with Crippen molar-refractivity contribution in [1.82, 2.24) is 0 Å². The molecule has 6 heteroatoms. The number of ether oxygens (including phenoxy) is 1. The zero-order valence-corrected chi connectivity index (χ0v) is 11.4. The van der Waals surface area contributed by atoms with Gasteiger partial charge < -0.3 is 19.6 Å². The summed E-state index contributed by atoms with van der Waals surface area (Å²) in [5.74, 6) is 0.225. The van der Waals surface area contributed by atoms with Gasteiger partial charge in [-0.2, -0.15) is 0 Å². The van der Waals surface area contributed by atoms with Crippen molar-refractivity contribution in [2.75, 3.05) is 18.5 Å². The highest BCUT2D eigenvalue weighted by atomic mass is 35.5. The Morgan fingerprint density at radius 1 is 1.35 bits per heavy atom. The minimum atomic E-state index is -0.777. The molecule has 0 saturated heterocycles. The number of aliphatic hydroxyl groups is 1.